The van der Waals surface area contributed by atoms with Crippen molar-refractivity contribution >= 4 is 23.2 Å². The number of H-pyrrole nitrogens is 1. The molecule has 0 spiro atoms. The maximum atomic E-state index is 13.6. The van der Waals surface area contributed by atoms with Crippen molar-refractivity contribution in [2.75, 3.05) is 6.54 Å². The van der Waals surface area contributed by atoms with Gasteiger partial charge >= 0.3 is 17.9 Å². The molecule has 1 aliphatic rings. The van der Waals surface area contributed by atoms with E-state index in [-0.39, 0.29) is 29.7 Å². The van der Waals surface area contributed by atoms with Crippen LogP contribution in [0.4, 0.5) is 9.59 Å². The molecule has 0 aliphatic carbocycles. The molecular formula is C31H42N4O5. The topological polar surface area (TPSA) is 108 Å². The molecule has 9 heteroatoms. The van der Waals surface area contributed by atoms with Gasteiger partial charge in [0, 0.05) is 31.2 Å². The van der Waals surface area contributed by atoms with E-state index in [9.17, 15) is 19.5 Å². The Labute approximate surface area is 235 Å². The molecule has 1 saturated heterocycles. The standard InChI is InChI=1S/C31H42N4O5/c1-21(2)17-24(34(30(39)40-31(3,4)5)20-22-11-7-6-8-12-22)19-25-18-23(15-16-33(25)29(37)38)35-27-14-10-9-13-26(27)32-28(35)36/h6-14,21,23-25H,15-20H2,1-5H3,(H,32,36)(H,37,38)/t23?,24?,25-/m0/s1. The highest BCUT2D eigenvalue weighted by molar-refractivity contribution is 5.75. The molecule has 0 radical (unpaired) electrons. The third kappa shape index (κ3) is 7.06. The van der Waals surface area contributed by atoms with E-state index in [0.717, 1.165) is 16.6 Å². The molecule has 216 valence electrons. The number of aromatic nitrogens is 2. The first kappa shape index (κ1) is 29.2. The van der Waals surface area contributed by atoms with Gasteiger partial charge < -0.3 is 24.6 Å². The van der Waals surface area contributed by atoms with Crippen LogP contribution in [0.5, 0.6) is 0 Å². The van der Waals surface area contributed by atoms with Gasteiger partial charge in [-0.25, -0.2) is 14.4 Å². The molecule has 0 bridgehead atoms. The lowest BCUT2D eigenvalue weighted by atomic mass is 9.88. The van der Waals surface area contributed by atoms with E-state index in [4.69, 9.17) is 4.74 Å². The van der Waals surface area contributed by atoms with Gasteiger partial charge in [0.15, 0.2) is 0 Å². The van der Waals surface area contributed by atoms with Gasteiger partial charge in [-0.15, -0.1) is 0 Å². The molecule has 0 saturated carbocycles. The van der Waals surface area contributed by atoms with Gasteiger partial charge in [0.2, 0.25) is 0 Å². The Kier molecular flexibility index (Phi) is 8.91. The smallest absolute Gasteiger partial charge is 0.410 e. The number of carbonyl (C=O) groups excluding carboxylic acids is 1. The third-order valence-electron chi connectivity index (χ3n) is 7.48. The number of rotatable bonds is 8. The van der Waals surface area contributed by atoms with Crippen LogP contribution in [0.25, 0.3) is 11.0 Å². The summed E-state index contributed by atoms with van der Waals surface area (Å²) in [4.78, 5) is 45.1. The number of carbonyl (C=O) groups is 2. The summed E-state index contributed by atoms with van der Waals surface area (Å²) >= 11 is 0. The highest BCUT2D eigenvalue weighted by Gasteiger charge is 2.38. The van der Waals surface area contributed by atoms with Crippen molar-refractivity contribution in [1.29, 1.82) is 0 Å². The largest absolute Gasteiger partial charge is 0.465 e. The normalized spacial score (nSPS) is 18.6. The molecule has 1 aromatic heterocycles. The summed E-state index contributed by atoms with van der Waals surface area (Å²) in [6.07, 6.45) is 0.766. The van der Waals surface area contributed by atoms with Crippen molar-refractivity contribution in [2.24, 2.45) is 5.92 Å². The number of aromatic amines is 1. The lowest BCUT2D eigenvalue weighted by molar-refractivity contribution is 0.00504. The van der Waals surface area contributed by atoms with Crippen LogP contribution in [0.1, 0.15) is 71.9 Å². The second-order valence-electron chi connectivity index (χ2n) is 12.2. The molecule has 9 nitrogen and oxygen atoms in total. The average molecular weight is 551 g/mol. The van der Waals surface area contributed by atoms with Crippen molar-refractivity contribution in [3.05, 3.63) is 70.6 Å². The SMILES string of the molecule is CC(C)CC(C[C@@H]1CC(n2c(=O)[nH]c3ccccc32)CCN1C(=O)O)N(Cc1ccccc1)C(=O)OC(C)(C)C. The summed E-state index contributed by atoms with van der Waals surface area (Å²) in [5.41, 5.74) is 1.70. The predicted molar refractivity (Wildman–Crippen MR) is 155 cm³/mol. The molecule has 2 N–H and O–H groups in total. The molecular weight excluding hydrogens is 508 g/mol. The number of ether oxygens (including phenoxy) is 1. The average Bonchev–Trinajstić information content (AvgIpc) is 3.21. The van der Waals surface area contributed by atoms with Crippen LogP contribution >= 0.6 is 0 Å². The Balaban J connectivity index is 1.67. The van der Waals surface area contributed by atoms with E-state index in [2.05, 4.69) is 18.8 Å². The van der Waals surface area contributed by atoms with Gasteiger partial charge in [-0.1, -0.05) is 56.3 Å². The van der Waals surface area contributed by atoms with E-state index in [1.54, 1.807) is 9.47 Å². The second kappa shape index (κ2) is 12.2. The number of benzene rings is 2. The summed E-state index contributed by atoms with van der Waals surface area (Å²) in [6, 6.07) is 16.6. The first-order chi connectivity index (χ1) is 18.9. The fourth-order valence-corrected chi connectivity index (χ4v) is 5.83. The Bertz CT molecular complexity index is 1360. The minimum atomic E-state index is -0.982. The van der Waals surface area contributed by atoms with Crippen LogP contribution in [-0.2, 0) is 11.3 Å². The summed E-state index contributed by atoms with van der Waals surface area (Å²) in [7, 11) is 0. The zero-order valence-electron chi connectivity index (χ0n) is 24.2. The van der Waals surface area contributed by atoms with Gasteiger partial charge in [0.1, 0.15) is 5.60 Å². The third-order valence-corrected chi connectivity index (χ3v) is 7.48. The molecule has 1 fully saturated rings. The highest BCUT2D eigenvalue weighted by atomic mass is 16.6. The van der Waals surface area contributed by atoms with Crippen LogP contribution in [0.15, 0.2) is 59.4 Å². The number of hydrogen-bond donors (Lipinski definition) is 2. The summed E-state index contributed by atoms with van der Waals surface area (Å²) in [5, 5.41) is 10.1. The number of imidazole rings is 1. The molecule has 2 heterocycles. The number of para-hydroxylation sites is 2. The van der Waals surface area contributed by atoms with Crippen molar-refractivity contribution in [2.45, 2.75) is 90.6 Å². The molecule has 3 atom stereocenters. The molecule has 2 amide bonds. The van der Waals surface area contributed by atoms with Crippen molar-refractivity contribution in [3.63, 3.8) is 0 Å². The summed E-state index contributed by atoms with van der Waals surface area (Å²) in [5.74, 6) is 0.264. The number of nitrogens with zero attached hydrogens (tertiary/aromatic N) is 3. The quantitative estimate of drug-likeness (QED) is 0.344. The lowest BCUT2D eigenvalue weighted by Gasteiger charge is -2.42. The van der Waals surface area contributed by atoms with Crippen LogP contribution in [-0.4, -0.2) is 60.9 Å². The lowest BCUT2D eigenvalue weighted by Crippen LogP contribution is -2.51. The van der Waals surface area contributed by atoms with Gasteiger partial charge in [0.05, 0.1) is 11.0 Å². The summed E-state index contributed by atoms with van der Waals surface area (Å²) < 4.78 is 7.62. The Hall–Kier alpha value is -3.75. The van der Waals surface area contributed by atoms with Gasteiger partial charge in [0.25, 0.3) is 0 Å². The Morgan fingerprint density at radius 1 is 1.10 bits per heavy atom. The van der Waals surface area contributed by atoms with Crippen LogP contribution < -0.4 is 5.69 Å². The van der Waals surface area contributed by atoms with E-state index < -0.39 is 17.8 Å². The van der Waals surface area contributed by atoms with Gasteiger partial charge in [-0.3, -0.25) is 4.57 Å². The molecule has 40 heavy (non-hydrogen) atoms. The first-order valence-electron chi connectivity index (χ1n) is 14.1. The maximum absolute atomic E-state index is 13.6. The van der Waals surface area contributed by atoms with Crippen molar-refractivity contribution < 1.29 is 19.4 Å². The van der Waals surface area contributed by atoms with Crippen LogP contribution in [0.2, 0.25) is 0 Å². The molecule has 3 aromatic rings. The number of piperidine rings is 1. The molecule has 2 unspecified atom stereocenters. The highest BCUT2D eigenvalue weighted by Crippen LogP contribution is 2.33. The van der Waals surface area contributed by atoms with Crippen LogP contribution in [0, 0.1) is 5.92 Å². The molecule has 1 aliphatic heterocycles. The minimum absolute atomic E-state index is 0.159. The van der Waals surface area contributed by atoms with E-state index in [0.29, 0.717) is 38.8 Å². The maximum Gasteiger partial charge on any atom is 0.410 e. The van der Waals surface area contributed by atoms with Crippen molar-refractivity contribution in [3.8, 4) is 0 Å². The number of hydrogen-bond acceptors (Lipinski definition) is 4. The van der Waals surface area contributed by atoms with E-state index in [1.165, 1.54) is 4.90 Å². The molecule has 4 rings (SSSR count). The van der Waals surface area contributed by atoms with Gasteiger partial charge in [-0.2, -0.15) is 0 Å². The number of likely N-dealkylation sites (tertiary alicyclic amines) is 1. The predicted octanol–water partition coefficient (Wildman–Crippen LogP) is 6.26. The fraction of sp³-hybridized carbons (Fsp3) is 0.516. The van der Waals surface area contributed by atoms with Crippen molar-refractivity contribution in [1.82, 2.24) is 19.4 Å². The number of carboxylic acid groups (broad SMARTS) is 1. The summed E-state index contributed by atoms with van der Waals surface area (Å²) in [6.45, 7) is 10.4. The Morgan fingerprint density at radius 3 is 2.42 bits per heavy atom. The molecule has 2 aromatic carbocycles. The monoisotopic (exact) mass is 550 g/mol. The second-order valence-corrected chi connectivity index (χ2v) is 12.2. The fourth-order valence-electron chi connectivity index (χ4n) is 5.83. The Morgan fingerprint density at radius 2 is 1.77 bits per heavy atom. The van der Waals surface area contributed by atoms with E-state index in [1.807, 2.05) is 75.4 Å². The zero-order valence-corrected chi connectivity index (χ0v) is 24.2. The minimum Gasteiger partial charge on any atom is -0.465 e. The van der Waals surface area contributed by atoms with Crippen LogP contribution in [0.3, 0.4) is 0 Å². The number of nitrogens with one attached hydrogen (secondary N) is 1. The van der Waals surface area contributed by atoms with E-state index >= 15 is 0 Å². The van der Waals surface area contributed by atoms with Gasteiger partial charge in [-0.05, 0) is 70.1 Å². The first-order valence-corrected chi connectivity index (χ1v) is 14.1. The zero-order chi connectivity index (χ0) is 29.0. The number of amides is 2. The number of fused-ring (bicyclic) bond motifs is 1.